The minimum absolute atomic E-state index is 0. The molecule has 0 radical (unpaired) electrons. The summed E-state index contributed by atoms with van der Waals surface area (Å²) >= 11 is 0. The predicted octanol–water partition coefficient (Wildman–Crippen LogP) is 1.84. The number of amides is 2. The van der Waals surface area contributed by atoms with Gasteiger partial charge in [-0.25, -0.2) is 0 Å². The molecule has 24 heavy (non-hydrogen) atoms. The molecule has 0 heterocycles. The third kappa shape index (κ3) is 4.63. The minimum Gasteiger partial charge on any atom is -0.354 e. The lowest BCUT2D eigenvalue weighted by molar-refractivity contribution is -0.131. The van der Waals surface area contributed by atoms with E-state index >= 15 is 0 Å². The zero-order chi connectivity index (χ0) is 16.4. The quantitative estimate of drug-likeness (QED) is 0.650. The number of nitrogens with two attached hydrogens (primary N) is 1. The number of carbonyl (C=O) groups is 2. The molecule has 1 unspecified atom stereocenters. The molecule has 4 fully saturated rings. The summed E-state index contributed by atoms with van der Waals surface area (Å²) in [6.07, 6.45) is 8.47. The van der Waals surface area contributed by atoms with E-state index < -0.39 is 0 Å². The fourth-order valence-corrected chi connectivity index (χ4v) is 5.52. The summed E-state index contributed by atoms with van der Waals surface area (Å²) in [6, 6.07) is 0. The molecule has 4 saturated carbocycles. The van der Waals surface area contributed by atoms with Crippen molar-refractivity contribution in [3.63, 3.8) is 0 Å². The largest absolute Gasteiger partial charge is 0.354 e. The van der Waals surface area contributed by atoms with Gasteiger partial charge in [0.1, 0.15) is 0 Å². The molecule has 4 aliphatic carbocycles. The lowest BCUT2D eigenvalue weighted by Crippen LogP contribution is -2.48. The first kappa shape index (κ1) is 19.5. The van der Waals surface area contributed by atoms with Gasteiger partial charge in [-0.3, -0.25) is 9.59 Å². The first-order valence-corrected chi connectivity index (χ1v) is 9.21. The number of halogens is 1. The van der Waals surface area contributed by atoms with E-state index in [0.29, 0.717) is 19.5 Å². The van der Waals surface area contributed by atoms with E-state index in [9.17, 15) is 9.59 Å². The zero-order valence-corrected chi connectivity index (χ0v) is 15.5. The molecular formula is C18H32ClN3O2. The Kier molecular flexibility index (Phi) is 6.54. The maximum atomic E-state index is 12.3. The predicted molar refractivity (Wildman–Crippen MR) is 96.7 cm³/mol. The molecule has 0 aromatic rings. The molecule has 4 aliphatic rings. The SMILES string of the molecule is CC(CN)CNC(=O)CNC(=O)CC12CC3CC(CC(C3)C1)C2.Cl. The molecule has 0 saturated heterocycles. The van der Waals surface area contributed by atoms with Crippen molar-refractivity contribution in [2.45, 2.75) is 51.9 Å². The van der Waals surface area contributed by atoms with Gasteiger partial charge in [-0.2, -0.15) is 0 Å². The standard InChI is InChI=1S/C18H31N3O2.ClH/c1-12(9-19)10-20-17(23)11-21-16(22)8-18-5-13-2-14(6-18)4-15(3-13)7-18;/h12-15H,2-11,19H2,1H3,(H,20,23)(H,21,22);1H. The van der Waals surface area contributed by atoms with Crippen LogP contribution >= 0.6 is 12.4 Å². The molecular weight excluding hydrogens is 326 g/mol. The summed E-state index contributed by atoms with van der Waals surface area (Å²) in [5.74, 6) is 2.76. The van der Waals surface area contributed by atoms with E-state index in [1.165, 1.54) is 38.5 Å². The van der Waals surface area contributed by atoms with Crippen molar-refractivity contribution in [1.82, 2.24) is 10.6 Å². The van der Waals surface area contributed by atoms with Gasteiger partial charge in [0.15, 0.2) is 0 Å². The average Bonchev–Trinajstić information content (AvgIpc) is 2.48. The molecule has 4 bridgehead atoms. The maximum absolute atomic E-state index is 12.3. The summed E-state index contributed by atoms with van der Waals surface area (Å²) < 4.78 is 0. The number of hydrogen-bond donors (Lipinski definition) is 3. The highest BCUT2D eigenvalue weighted by Gasteiger charge is 2.51. The fraction of sp³-hybridized carbons (Fsp3) is 0.889. The smallest absolute Gasteiger partial charge is 0.239 e. The van der Waals surface area contributed by atoms with Crippen molar-refractivity contribution in [2.75, 3.05) is 19.6 Å². The number of nitrogens with one attached hydrogen (secondary N) is 2. The van der Waals surface area contributed by atoms with Gasteiger partial charge in [-0.15, -0.1) is 12.4 Å². The molecule has 138 valence electrons. The minimum atomic E-state index is -0.121. The molecule has 2 amide bonds. The molecule has 0 aromatic heterocycles. The second kappa shape index (κ2) is 8.05. The van der Waals surface area contributed by atoms with E-state index in [-0.39, 0.29) is 42.1 Å². The Balaban J connectivity index is 0.00000208. The Hall–Kier alpha value is -0.810. The van der Waals surface area contributed by atoms with Crippen molar-refractivity contribution >= 4 is 24.2 Å². The number of rotatable bonds is 7. The highest BCUT2D eigenvalue weighted by Crippen LogP contribution is 2.61. The van der Waals surface area contributed by atoms with Gasteiger partial charge >= 0.3 is 0 Å². The van der Waals surface area contributed by atoms with Crippen LogP contribution in [0.4, 0.5) is 0 Å². The third-order valence-corrected chi connectivity index (χ3v) is 6.20. The Morgan fingerprint density at radius 1 is 1.04 bits per heavy atom. The normalized spacial score (nSPS) is 34.3. The van der Waals surface area contributed by atoms with Gasteiger partial charge in [0, 0.05) is 13.0 Å². The van der Waals surface area contributed by atoms with Crippen LogP contribution in [0.25, 0.3) is 0 Å². The van der Waals surface area contributed by atoms with Crippen LogP contribution in [-0.4, -0.2) is 31.4 Å². The molecule has 0 aliphatic heterocycles. The molecule has 4 N–H and O–H groups in total. The van der Waals surface area contributed by atoms with Gasteiger partial charge < -0.3 is 16.4 Å². The van der Waals surface area contributed by atoms with Crippen LogP contribution in [-0.2, 0) is 9.59 Å². The van der Waals surface area contributed by atoms with Crippen molar-refractivity contribution < 1.29 is 9.59 Å². The van der Waals surface area contributed by atoms with Crippen LogP contribution in [0.3, 0.4) is 0 Å². The van der Waals surface area contributed by atoms with Gasteiger partial charge in [0.05, 0.1) is 6.54 Å². The van der Waals surface area contributed by atoms with E-state index in [4.69, 9.17) is 5.73 Å². The van der Waals surface area contributed by atoms with Crippen LogP contribution in [0.5, 0.6) is 0 Å². The van der Waals surface area contributed by atoms with Crippen molar-refractivity contribution in [3.05, 3.63) is 0 Å². The van der Waals surface area contributed by atoms with Gasteiger partial charge in [0.2, 0.25) is 11.8 Å². The van der Waals surface area contributed by atoms with E-state index in [2.05, 4.69) is 10.6 Å². The molecule has 1 atom stereocenters. The Labute approximate surface area is 151 Å². The van der Waals surface area contributed by atoms with Crippen molar-refractivity contribution in [2.24, 2.45) is 34.8 Å². The lowest BCUT2D eigenvalue weighted by atomic mass is 9.49. The van der Waals surface area contributed by atoms with Gasteiger partial charge in [-0.05, 0) is 74.2 Å². The Morgan fingerprint density at radius 3 is 2.08 bits per heavy atom. The third-order valence-electron chi connectivity index (χ3n) is 6.20. The van der Waals surface area contributed by atoms with Gasteiger partial charge in [-0.1, -0.05) is 6.92 Å². The maximum Gasteiger partial charge on any atom is 0.239 e. The average molecular weight is 358 g/mol. The number of carbonyl (C=O) groups excluding carboxylic acids is 2. The van der Waals surface area contributed by atoms with Crippen LogP contribution in [0.15, 0.2) is 0 Å². The van der Waals surface area contributed by atoms with E-state index in [1.807, 2.05) is 6.92 Å². The van der Waals surface area contributed by atoms with Crippen molar-refractivity contribution in [3.8, 4) is 0 Å². The molecule has 0 spiro atoms. The lowest BCUT2D eigenvalue weighted by Gasteiger charge is -2.56. The molecule has 6 heteroatoms. The fourth-order valence-electron chi connectivity index (χ4n) is 5.52. The summed E-state index contributed by atoms with van der Waals surface area (Å²) in [7, 11) is 0. The van der Waals surface area contributed by atoms with E-state index in [1.54, 1.807) is 0 Å². The van der Waals surface area contributed by atoms with Crippen molar-refractivity contribution in [1.29, 1.82) is 0 Å². The molecule has 4 rings (SSSR count). The Bertz CT molecular complexity index is 434. The summed E-state index contributed by atoms with van der Waals surface area (Å²) in [5, 5.41) is 5.63. The second-order valence-corrected chi connectivity index (χ2v) is 8.52. The highest BCUT2D eigenvalue weighted by atomic mass is 35.5. The van der Waals surface area contributed by atoms with Crippen LogP contribution in [0.2, 0.25) is 0 Å². The summed E-state index contributed by atoms with van der Waals surface area (Å²) in [4.78, 5) is 24.1. The van der Waals surface area contributed by atoms with Crippen LogP contribution in [0, 0.1) is 29.1 Å². The van der Waals surface area contributed by atoms with E-state index in [0.717, 1.165) is 17.8 Å². The number of hydrogen-bond acceptors (Lipinski definition) is 3. The first-order chi connectivity index (χ1) is 11.0. The zero-order valence-electron chi connectivity index (χ0n) is 14.7. The monoisotopic (exact) mass is 357 g/mol. The van der Waals surface area contributed by atoms with Crippen LogP contribution < -0.4 is 16.4 Å². The summed E-state index contributed by atoms with van der Waals surface area (Å²) in [6.45, 7) is 3.20. The van der Waals surface area contributed by atoms with Crippen LogP contribution in [0.1, 0.15) is 51.9 Å². The Morgan fingerprint density at radius 2 is 1.58 bits per heavy atom. The van der Waals surface area contributed by atoms with Gasteiger partial charge in [0.25, 0.3) is 0 Å². The first-order valence-electron chi connectivity index (χ1n) is 9.21. The highest BCUT2D eigenvalue weighted by molar-refractivity contribution is 5.85. The topological polar surface area (TPSA) is 84.2 Å². The molecule has 0 aromatic carbocycles. The summed E-state index contributed by atoms with van der Waals surface area (Å²) in [5.41, 5.74) is 5.76. The molecule has 5 nitrogen and oxygen atoms in total. The second-order valence-electron chi connectivity index (χ2n) is 8.52.